The number of halogens is 1. The van der Waals surface area contributed by atoms with E-state index in [0.29, 0.717) is 42.0 Å². The van der Waals surface area contributed by atoms with E-state index in [1.54, 1.807) is 31.6 Å². The van der Waals surface area contributed by atoms with Gasteiger partial charge in [0.25, 0.3) is 11.8 Å². The molecule has 0 radical (unpaired) electrons. The van der Waals surface area contributed by atoms with Crippen molar-refractivity contribution in [1.29, 1.82) is 0 Å². The topological polar surface area (TPSA) is 89.4 Å². The van der Waals surface area contributed by atoms with E-state index in [1.807, 2.05) is 4.90 Å². The first-order chi connectivity index (χ1) is 13.0. The smallest absolute Gasteiger partial charge is 0.273 e. The molecular weight excluding hydrogens is 370 g/mol. The highest BCUT2D eigenvalue weighted by Gasteiger charge is 2.25. The van der Waals surface area contributed by atoms with Crippen molar-refractivity contribution >= 4 is 23.4 Å². The van der Waals surface area contributed by atoms with Crippen LogP contribution in [-0.4, -0.2) is 58.2 Å². The highest BCUT2D eigenvalue weighted by Crippen LogP contribution is 2.20. The van der Waals surface area contributed by atoms with Crippen LogP contribution in [0.25, 0.3) is 0 Å². The second-order valence-corrected chi connectivity index (χ2v) is 6.94. The Morgan fingerprint density at radius 1 is 1.37 bits per heavy atom. The van der Waals surface area contributed by atoms with E-state index in [4.69, 9.17) is 16.3 Å². The monoisotopic (exact) mass is 391 g/mol. The highest BCUT2D eigenvalue weighted by atomic mass is 35.5. The summed E-state index contributed by atoms with van der Waals surface area (Å²) in [6.45, 7) is 1.83. The van der Waals surface area contributed by atoms with Gasteiger partial charge in [0.05, 0.1) is 12.1 Å². The second-order valence-electron chi connectivity index (χ2n) is 6.53. The number of hydrogen-bond donors (Lipinski definition) is 1. The van der Waals surface area contributed by atoms with Gasteiger partial charge >= 0.3 is 0 Å². The molecule has 1 aliphatic heterocycles. The van der Waals surface area contributed by atoms with Crippen LogP contribution in [-0.2, 0) is 7.05 Å². The SMILES string of the molecule is COc1cc(C(=O)N2CCC(CNC(=O)c3nn(C)cc3Cl)CC2)ccn1. The first kappa shape index (κ1) is 19.2. The summed E-state index contributed by atoms with van der Waals surface area (Å²) in [6.07, 6.45) is 4.81. The fourth-order valence-corrected chi connectivity index (χ4v) is 3.38. The Labute approximate surface area is 162 Å². The zero-order valence-electron chi connectivity index (χ0n) is 15.3. The number of carbonyl (C=O) groups is 2. The predicted molar refractivity (Wildman–Crippen MR) is 100.0 cm³/mol. The maximum atomic E-state index is 12.6. The molecule has 1 saturated heterocycles. The molecule has 0 unspecified atom stereocenters. The van der Waals surface area contributed by atoms with E-state index in [2.05, 4.69) is 15.4 Å². The fourth-order valence-electron chi connectivity index (χ4n) is 3.11. The molecular formula is C18H22ClN5O3. The van der Waals surface area contributed by atoms with Crippen molar-refractivity contribution in [1.82, 2.24) is 25.0 Å². The number of ether oxygens (including phenoxy) is 1. The molecule has 2 aromatic rings. The lowest BCUT2D eigenvalue weighted by atomic mass is 9.96. The van der Waals surface area contributed by atoms with Gasteiger partial charge in [0.15, 0.2) is 5.69 Å². The summed E-state index contributed by atoms with van der Waals surface area (Å²) in [5.74, 6) is 0.431. The van der Waals surface area contributed by atoms with Gasteiger partial charge in [-0.1, -0.05) is 11.6 Å². The van der Waals surface area contributed by atoms with Gasteiger partial charge in [0.1, 0.15) is 0 Å². The first-order valence-electron chi connectivity index (χ1n) is 8.74. The summed E-state index contributed by atoms with van der Waals surface area (Å²) in [5, 5.41) is 7.28. The average molecular weight is 392 g/mol. The van der Waals surface area contributed by atoms with Crippen molar-refractivity contribution in [2.45, 2.75) is 12.8 Å². The Bertz CT molecular complexity index is 830. The van der Waals surface area contributed by atoms with Crippen LogP contribution in [0.2, 0.25) is 5.02 Å². The van der Waals surface area contributed by atoms with Gasteiger partial charge in [0.2, 0.25) is 5.88 Å². The number of nitrogens with one attached hydrogen (secondary N) is 1. The summed E-state index contributed by atoms with van der Waals surface area (Å²) >= 11 is 5.99. The quantitative estimate of drug-likeness (QED) is 0.838. The summed E-state index contributed by atoms with van der Waals surface area (Å²) in [4.78, 5) is 30.6. The lowest BCUT2D eigenvalue weighted by molar-refractivity contribution is 0.0683. The van der Waals surface area contributed by atoms with Crippen molar-refractivity contribution in [3.05, 3.63) is 40.8 Å². The van der Waals surface area contributed by atoms with Crippen molar-refractivity contribution in [3.8, 4) is 5.88 Å². The summed E-state index contributed by atoms with van der Waals surface area (Å²) in [6, 6.07) is 3.33. The number of hydrogen-bond acceptors (Lipinski definition) is 5. The molecule has 2 aromatic heterocycles. The first-order valence-corrected chi connectivity index (χ1v) is 9.12. The predicted octanol–water partition coefficient (Wildman–Crippen LogP) is 1.76. The van der Waals surface area contributed by atoms with Crippen molar-refractivity contribution in [3.63, 3.8) is 0 Å². The molecule has 0 aliphatic carbocycles. The number of methoxy groups -OCH3 is 1. The molecule has 0 saturated carbocycles. The largest absolute Gasteiger partial charge is 0.481 e. The molecule has 27 heavy (non-hydrogen) atoms. The average Bonchev–Trinajstić information content (AvgIpc) is 3.04. The Morgan fingerprint density at radius 3 is 2.74 bits per heavy atom. The number of nitrogens with zero attached hydrogens (tertiary/aromatic N) is 4. The number of aromatic nitrogens is 3. The molecule has 1 aliphatic rings. The van der Waals surface area contributed by atoms with Gasteiger partial charge in [-0.3, -0.25) is 14.3 Å². The zero-order chi connectivity index (χ0) is 19.4. The van der Waals surface area contributed by atoms with Crippen LogP contribution < -0.4 is 10.1 Å². The van der Waals surface area contributed by atoms with Gasteiger partial charge in [-0.25, -0.2) is 4.98 Å². The Hall–Kier alpha value is -2.61. The summed E-state index contributed by atoms with van der Waals surface area (Å²) in [7, 11) is 3.24. The van der Waals surface area contributed by atoms with Gasteiger partial charge < -0.3 is 15.0 Å². The molecule has 1 N–H and O–H groups in total. The molecule has 2 amide bonds. The lowest BCUT2D eigenvalue weighted by Crippen LogP contribution is -2.41. The molecule has 1 fully saturated rings. The van der Waals surface area contributed by atoms with Crippen LogP contribution in [0.15, 0.2) is 24.5 Å². The minimum Gasteiger partial charge on any atom is -0.481 e. The molecule has 0 aromatic carbocycles. The number of likely N-dealkylation sites (tertiary alicyclic amines) is 1. The molecule has 3 heterocycles. The Balaban J connectivity index is 1.49. The highest BCUT2D eigenvalue weighted by molar-refractivity contribution is 6.33. The van der Waals surface area contributed by atoms with E-state index in [-0.39, 0.29) is 17.5 Å². The number of pyridine rings is 1. The third-order valence-electron chi connectivity index (χ3n) is 4.64. The number of aryl methyl sites for hydroxylation is 1. The number of rotatable bonds is 5. The van der Waals surface area contributed by atoms with E-state index >= 15 is 0 Å². The van der Waals surface area contributed by atoms with Gasteiger partial charge in [-0.15, -0.1) is 0 Å². The maximum absolute atomic E-state index is 12.6. The lowest BCUT2D eigenvalue weighted by Gasteiger charge is -2.32. The zero-order valence-corrected chi connectivity index (χ0v) is 16.1. The molecule has 8 nitrogen and oxygen atoms in total. The molecule has 9 heteroatoms. The summed E-state index contributed by atoms with van der Waals surface area (Å²) < 4.78 is 6.58. The molecule has 0 spiro atoms. The van der Waals surface area contributed by atoms with Crippen molar-refractivity contribution < 1.29 is 14.3 Å². The van der Waals surface area contributed by atoms with Crippen LogP contribution in [0, 0.1) is 5.92 Å². The van der Waals surface area contributed by atoms with Crippen LogP contribution in [0.4, 0.5) is 0 Å². The molecule has 0 bridgehead atoms. The molecule has 144 valence electrons. The van der Waals surface area contributed by atoms with Crippen LogP contribution in [0.3, 0.4) is 0 Å². The third-order valence-corrected chi connectivity index (χ3v) is 4.92. The van der Waals surface area contributed by atoms with Crippen LogP contribution in [0.5, 0.6) is 5.88 Å². The summed E-state index contributed by atoms with van der Waals surface area (Å²) in [5.41, 5.74) is 0.803. The minimum atomic E-state index is -0.275. The standard InChI is InChI=1S/C18H22ClN5O3/c1-23-11-14(19)16(22-23)17(25)21-10-12-4-7-24(8-5-12)18(26)13-3-6-20-15(9-13)27-2/h3,6,9,11-12H,4-5,7-8,10H2,1-2H3,(H,21,25). The fraction of sp³-hybridized carbons (Fsp3) is 0.444. The van der Waals surface area contributed by atoms with Gasteiger partial charge in [-0.05, 0) is 24.8 Å². The van der Waals surface area contributed by atoms with Crippen LogP contribution >= 0.6 is 11.6 Å². The van der Waals surface area contributed by atoms with Crippen LogP contribution in [0.1, 0.15) is 33.7 Å². The Morgan fingerprint density at radius 2 is 2.11 bits per heavy atom. The normalized spacial score (nSPS) is 14.9. The Kier molecular flexibility index (Phi) is 5.95. The van der Waals surface area contributed by atoms with E-state index in [0.717, 1.165) is 12.8 Å². The van der Waals surface area contributed by atoms with E-state index in [9.17, 15) is 9.59 Å². The second kappa shape index (κ2) is 8.39. The minimum absolute atomic E-state index is 0.0292. The van der Waals surface area contributed by atoms with Gasteiger partial charge in [-0.2, -0.15) is 5.10 Å². The van der Waals surface area contributed by atoms with E-state index in [1.165, 1.54) is 11.8 Å². The number of piperidine rings is 1. The number of carbonyl (C=O) groups excluding carboxylic acids is 2. The number of amides is 2. The van der Waals surface area contributed by atoms with Gasteiger partial charge in [0, 0.05) is 50.7 Å². The van der Waals surface area contributed by atoms with Crippen molar-refractivity contribution in [2.24, 2.45) is 13.0 Å². The third kappa shape index (κ3) is 4.57. The molecule has 3 rings (SSSR count). The molecule has 0 atom stereocenters. The maximum Gasteiger partial charge on any atom is 0.273 e. The van der Waals surface area contributed by atoms with Crippen molar-refractivity contribution in [2.75, 3.05) is 26.7 Å². The van der Waals surface area contributed by atoms with E-state index < -0.39 is 0 Å².